The highest BCUT2D eigenvalue weighted by Crippen LogP contribution is 2.30. The van der Waals surface area contributed by atoms with E-state index in [1.54, 1.807) is 4.57 Å². The van der Waals surface area contributed by atoms with Gasteiger partial charge in [-0.25, -0.2) is 9.78 Å². The number of hydrogen-bond donors (Lipinski definition) is 1. The largest absolute Gasteiger partial charge is 0.425 e. The molecule has 1 N–H and O–H groups in total. The number of aromatic amines is 1. The Morgan fingerprint density at radius 2 is 1.81 bits per heavy atom. The summed E-state index contributed by atoms with van der Waals surface area (Å²) >= 11 is 6.51. The Kier molecular flexibility index (Phi) is 11.9. The molecule has 15 heteroatoms. The molecule has 0 spiro atoms. The van der Waals surface area contributed by atoms with Gasteiger partial charge in [-0.1, -0.05) is 73.5 Å². The lowest BCUT2D eigenvalue weighted by Gasteiger charge is -2.16. The van der Waals surface area contributed by atoms with Gasteiger partial charge >= 0.3 is 11.9 Å². The Labute approximate surface area is 277 Å². The van der Waals surface area contributed by atoms with Crippen molar-refractivity contribution in [2.75, 3.05) is 19.7 Å². The summed E-state index contributed by atoms with van der Waals surface area (Å²) in [5, 5.41) is 24.0. The maximum Gasteiger partial charge on any atom is 0.361 e. The Morgan fingerprint density at radius 1 is 1.04 bits per heavy atom. The van der Waals surface area contributed by atoms with Crippen LogP contribution in [0.25, 0.3) is 22.5 Å². The number of esters is 2. The van der Waals surface area contributed by atoms with Gasteiger partial charge in [0, 0.05) is 50.2 Å². The standard InChI is InChI=1S/C32H38ClN9O5/c1-3-4-12-27-34-30(33)29(32(44)47-22(2)46-28(43)13-9-20-45-40-39-41-18-7-8-19-41)42(27)21-23-14-16-24(17-15-23)25-10-5-6-11-26(25)31-35-37-38-36-31/h5-6,10-11,14-17,22H,3-4,7-9,12-13,18-21H2,1-2H3,(H,35,36,37,38)/b40-39+. The van der Waals surface area contributed by atoms with Crippen LogP contribution in [0.3, 0.4) is 0 Å². The number of unbranched alkanes of at least 4 members (excludes halogenated alkanes) is 1. The van der Waals surface area contributed by atoms with E-state index in [-0.39, 0.29) is 23.9 Å². The van der Waals surface area contributed by atoms with Crippen LogP contribution in [0, 0.1) is 0 Å². The smallest absolute Gasteiger partial charge is 0.361 e. The summed E-state index contributed by atoms with van der Waals surface area (Å²) < 4.78 is 12.6. The first kappa shape index (κ1) is 33.5. The number of nitrogens with zero attached hydrogens (tertiary/aromatic N) is 8. The molecule has 1 fully saturated rings. The summed E-state index contributed by atoms with van der Waals surface area (Å²) in [5.74, 6) is -0.0933. The number of hydrogen-bond acceptors (Lipinski definition) is 11. The van der Waals surface area contributed by atoms with Crippen molar-refractivity contribution in [2.45, 2.75) is 71.6 Å². The van der Waals surface area contributed by atoms with E-state index < -0.39 is 18.2 Å². The number of benzene rings is 2. The summed E-state index contributed by atoms with van der Waals surface area (Å²) in [5.41, 5.74) is 3.80. The number of H-pyrrole nitrogens is 1. The van der Waals surface area contributed by atoms with E-state index in [1.165, 1.54) is 6.92 Å². The van der Waals surface area contributed by atoms with Gasteiger partial charge in [0.2, 0.25) is 12.1 Å². The normalized spacial score (nSPS) is 13.6. The van der Waals surface area contributed by atoms with Crippen LogP contribution in [0.1, 0.15) is 74.2 Å². The van der Waals surface area contributed by atoms with Crippen molar-refractivity contribution < 1.29 is 23.9 Å². The number of halogens is 1. The zero-order valence-corrected chi connectivity index (χ0v) is 27.2. The van der Waals surface area contributed by atoms with Gasteiger partial charge in [0.1, 0.15) is 12.4 Å². The second-order valence-electron chi connectivity index (χ2n) is 11.1. The number of aryl methyl sites for hydroxylation is 1. The van der Waals surface area contributed by atoms with E-state index in [0.717, 1.165) is 61.0 Å². The minimum atomic E-state index is -1.14. The van der Waals surface area contributed by atoms with E-state index in [0.29, 0.717) is 31.0 Å². The molecule has 2 aromatic heterocycles. The number of imidazole rings is 1. The van der Waals surface area contributed by atoms with Crippen molar-refractivity contribution in [3.05, 3.63) is 70.8 Å². The van der Waals surface area contributed by atoms with Crippen molar-refractivity contribution >= 4 is 23.5 Å². The van der Waals surface area contributed by atoms with Gasteiger partial charge in [0.25, 0.3) is 0 Å². The molecule has 4 aromatic rings. The molecule has 1 atom stereocenters. The zero-order valence-electron chi connectivity index (χ0n) is 26.5. The number of rotatable bonds is 16. The average Bonchev–Trinajstić information content (AvgIpc) is 3.85. The maximum atomic E-state index is 13.4. The number of nitrogens with one attached hydrogen (secondary N) is 1. The van der Waals surface area contributed by atoms with E-state index in [9.17, 15) is 9.59 Å². The summed E-state index contributed by atoms with van der Waals surface area (Å²) in [7, 11) is 0. The summed E-state index contributed by atoms with van der Waals surface area (Å²) in [6.45, 7) is 5.84. The molecule has 5 rings (SSSR count). The van der Waals surface area contributed by atoms with E-state index >= 15 is 0 Å². The average molecular weight is 664 g/mol. The summed E-state index contributed by atoms with van der Waals surface area (Å²) in [6, 6.07) is 15.8. The third-order valence-electron chi connectivity index (χ3n) is 7.56. The third kappa shape index (κ3) is 9.12. The molecule has 248 valence electrons. The molecule has 3 heterocycles. The minimum absolute atomic E-state index is 0.0329. The summed E-state index contributed by atoms with van der Waals surface area (Å²) in [6.07, 6.45) is 3.93. The van der Waals surface area contributed by atoms with Crippen LogP contribution in [-0.4, -0.2) is 73.1 Å². The number of carbonyl (C=O) groups is 2. The fourth-order valence-electron chi connectivity index (χ4n) is 5.20. The molecule has 0 aliphatic carbocycles. The molecular weight excluding hydrogens is 626 g/mol. The molecular formula is C32H38ClN9O5. The van der Waals surface area contributed by atoms with Gasteiger partial charge in [-0.2, -0.15) is 5.21 Å². The van der Waals surface area contributed by atoms with Crippen molar-refractivity contribution in [3.8, 4) is 22.5 Å². The summed E-state index contributed by atoms with van der Waals surface area (Å²) in [4.78, 5) is 35.3. The van der Waals surface area contributed by atoms with Crippen molar-refractivity contribution in [2.24, 2.45) is 10.5 Å². The first-order valence-corrected chi connectivity index (χ1v) is 16.2. The van der Waals surface area contributed by atoms with E-state index in [1.807, 2.05) is 53.5 Å². The lowest BCUT2D eigenvalue weighted by atomic mass is 9.98. The molecule has 0 bridgehead atoms. The van der Waals surface area contributed by atoms with Crippen LogP contribution in [0.4, 0.5) is 0 Å². The number of aromatic nitrogens is 6. The van der Waals surface area contributed by atoms with Crippen molar-refractivity contribution in [1.29, 1.82) is 0 Å². The van der Waals surface area contributed by atoms with Gasteiger partial charge in [-0.3, -0.25) is 9.80 Å². The lowest BCUT2D eigenvalue weighted by molar-refractivity contribution is -0.165. The molecule has 0 amide bonds. The van der Waals surface area contributed by atoms with E-state index in [2.05, 4.69) is 43.0 Å². The molecule has 1 aliphatic rings. The van der Waals surface area contributed by atoms with Gasteiger partial charge in [-0.15, -0.1) is 10.2 Å². The molecule has 1 aliphatic heterocycles. The Bertz CT molecular complexity index is 1640. The molecule has 1 unspecified atom stereocenters. The zero-order chi connectivity index (χ0) is 33.0. The Morgan fingerprint density at radius 3 is 2.53 bits per heavy atom. The fourth-order valence-corrected chi connectivity index (χ4v) is 5.48. The Hall–Kier alpha value is -4.85. The van der Waals surface area contributed by atoms with Crippen molar-refractivity contribution in [3.63, 3.8) is 0 Å². The van der Waals surface area contributed by atoms with Crippen LogP contribution >= 0.6 is 11.6 Å². The predicted molar refractivity (Wildman–Crippen MR) is 172 cm³/mol. The lowest BCUT2D eigenvalue weighted by Crippen LogP contribution is -2.24. The van der Waals surface area contributed by atoms with Crippen LogP contribution in [0.15, 0.2) is 59.0 Å². The van der Waals surface area contributed by atoms with Gasteiger partial charge in [-0.05, 0) is 52.8 Å². The molecule has 2 aromatic carbocycles. The maximum absolute atomic E-state index is 13.4. The van der Waals surface area contributed by atoms with Crippen LogP contribution in [-0.2, 0) is 32.1 Å². The SMILES string of the molecule is CCCCc1nc(Cl)c(C(=O)OC(C)OC(=O)CCCO/N=N/N2CCCC2)n1Cc1ccc(-c2ccccc2-c2nn[nH]n2)cc1. The second-order valence-corrected chi connectivity index (χ2v) is 11.4. The van der Waals surface area contributed by atoms with E-state index in [4.69, 9.17) is 25.9 Å². The van der Waals surface area contributed by atoms with Crippen LogP contribution in [0.5, 0.6) is 0 Å². The molecule has 47 heavy (non-hydrogen) atoms. The highest BCUT2D eigenvalue weighted by Gasteiger charge is 2.26. The molecule has 1 saturated heterocycles. The third-order valence-corrected chi connectivity index (χ3v) is 7.82. The quantitative estimate of drug-likeness (QED) is 0.0495. The first-order chi connectivity index (χ1) is 22.9. The highest BCUT2D eigenvalue weighted by atomic mass is 35.5. The van der Waals surface area contributed by atoms with Gasteiger partial charge in [0.05, 0.1) is 0 Å². The Balaban J connectivity index is 1.21. The monoisotopic (exact) mass is 663 g/mol. The van der Waals surface area contributed by atoms with Gasteiger partial charge in [0.15, 0.2) is 10.8 Å². The second kappa shape index (κ2) is 16.6. The van der Waals surface area contributed by atoms with Gasteiger partial charge < -0.3 is 18.9 Å². The molecule has 14 nitrogen and oxygen atoms in total. The number of ether oxygens (including phenoxy) is 2. The minimum Gasteiger partial charge on any atom is -0.425 e. The molecule has 0 radical (unpaired) electrons. The number of tetrazole rings is 1. The van der Waals surface area contributed by atoms with Crippen LogP contribution < -0.4 is 0 Å². The first-order valence-electron chi connectivity index (χ1n) is 15.8. The fraction of sp³-hybridized carbons (Fsp3) is 0.438. The molecule has 0 saturated carbocycles. The van der Waals surface area contributed by atoms with Crippen LogP contribution in [0.2, 0.25) is 5.15 Å². The predicted octanol–water partition coefficient (Wildman–Crippen LogP) is 6.00. The highest BCUT2D eigenvalue weighted by molar-refractivity contribution is 6.32. The van der Waals surface area contributed by atoms with Crippen molar-refractivity contribution in [1.82, 2.24) is 35.2 Å². The topological polar surface area (TPSA) is 162 Å². The number of carbonyl (C=O) groups excluding carboxylic acids is 2.